The highest BCUT2D eigenvalue weighted by Crippen LogP contribution is 2.26. The third-order valence-corrected chi connectivity index (χ3v) is 6.30. The van der Waals surface area contributed by atoms with Crippen LogP contribution in [0.2, 0.25) is 0 Å². The van der Waals surface area contributed by atoms with Crippen LogP contribution in [0.3, 0.4) is 0 Å². The van der Waals surface area contributed by atoms with Crippen LogP contribution in [-0.2, 0) is 22.4 Å². The molecule has 2 amide bonds. The Bertz CT molecular complexity index is 1030. The van der Waals surface area contributed by atoms with E-state index in [0.717, 1.165) is 24.1 Å². The maximum absolute atomic E-state index is 13.3. The fraction of sp³-hybridized carbons (Fsp3) is 0.444. The summed E-state index contributed by atoms with van der Waals surface area (Å²) in [4.78, 5) is 29.6. The molecule has 0 unspecified atom stereocenters. The number of rotatable bonds is 10. The summed E-state index contributed by atoms with van der Waals surface area (Å²) in [5, 5.41) is 15.4. The summed E-state index contributed by atoms with van der Waals surface area (Å²) < 4.78 is 0. The lowest BCUT2D eigenvalue weighted by Crippen LogP contribution is -2.47. The van der Waals surface area contributed by atoms with Crippen LogP contribution < -0.4 is 15.5 Å². The molecule has 34 heavy (non-hydrogen) atoms. The highest BCUT2D eigenvalue weighted by molar-refractivity contribution is 5.87. The lowest BCUT2D eigenvalue weighted by molar-refractivity contribution is -0.130. The van der Waals surface area contributed by atoms with Gasteiger partial charge in [0.05, 0.1) is 24.7 Å². The minimum absolute atomic E-state index is 0.0316. The molecule has 0 fully saturated rings. The van der Waals surface area contributed by atoms with Crippen LogP contribution in [-0.4, -0.2) is 62.0 Å². The van der Waals surface area contributed by atoms with Crippen LogP contribution in [0.4, 0.5) is 5.69 Å². The van der Waals surface area contributed by atoms with Gasteiger partial charge >= 0.3 is 0 Å². The van der Waals surface area contributed by atoms with Crippen LogP contribution >= 0.6 is 0 Å². The van der Waals surface area contributed by atoms with E-state index in [1.165, 1.54) is 11.1 Å². The molecule has 0 heterocycles. The van der Waals surface area contributed by atoms with Crippen LogP contribution in [0.1, 0.15) is 36.1 Å². The van der Waals surface area contributed by atoms with E-state index in [4.69, 9.17) is 0 Å². The van der Waals surface area contributed by atoms with E-state index >= 15 is 0 Å². The van der Waals surface area contributed by atoms with Gasteiger partial charge in [-0.15, -0.1) is 0 Å². The average molecular weight is 462 g/mol. The van der Waals surface area contributed by atoms with E-state index in [1.54, 1.807) is 12.1 Å². The van der Waals surface area contributed by atoms with Crippen molar-refractivity contribution in [2.45, 2.75) is 45.7 Å². The lowest BCUT2D eigenvalue weighted by atomic mass is 10.1. The molecule has 0 spiro atoms. The highest BCUT2D eigenvalue weighted by Gasteiger charge is 2.28. The van der Waals surface area contributed by atoms with Crippen molar-refractivity contribution in [1.82, 2.24) is 15.5 Å². The molecule has 3 rings (SSSR count). The average Bonchev–Trinajstić information content (AvgIpc) is 3.25. The minimum Gasteiger partial charge on any atom is -0.353 e. The van der Waals surface area contributed by atoms with Gasteiger partial charge in [-0.25, -0.2) is 0 Å². The fourth-order valence-electron chi connectivity index (χ4n) is 4.39. The maximum Gasteiger partial charge on any atom is 0.242 e. The van der Waals surface area contributed by atoms with Crippen molar-refractivity contribution in [2.75, 3.05) is 38.1 Å². The number of hydrogen-bond acceptors (Lipinski definition) is 5. The van der Waals surface area contributed by atoms with Crippen molar-refractivity contribution < 1.29 is 9.59 Å². The second-order valence-corrected chi connectivity index (χ2v) is 9.26. The Balaban J connectivity index is 1.69. The first kappa shape index (κ1) is 25.3. The molecule has 0 atom stereocenters. The molecule has 0 aliphatic heterocycles. The molecule has 7 heteroatoms. The van der Waals surface area contributed by atoms with E-state index in [9.17, 15) is 14.9 Å². The van der Waals surface area contributed by atoms with E-state index in [1.807, 2.05) is 42.0 Å². The van der Waals surface area contributed by atoms with Crippen molar-refractivity contribution in [2.24, 2.45) is 0 Å². The predicted molar refractivity (Wildman–Crippen MR) is 135 cm³/mol. The molecule has 0 saturated carbocycles. The highest BCUT2D eigenvalue weighted by atomic mass is 16.2. The first-order valence-electron chi connectivity index (χ1n) is 11.9. The smallest absolute Gasteiger partial charge is 0.242 e. The number of hydrogen-bond donors (Lipinski definition) is 2. The second-order valence-electron chi connectivity index (χ2n) is 9.26. The minimum atomic E-state index is -0.141. The molecular weight excluding hydrogens is 426 g/mol. The van der Waals surface area contributed by atoms with Gasteiger partial charge in [0, 0.05) is 37.9 Å². The molecule has 1 aliphatic carbocycles. The molecular formula is C27H35N5O2. The van der Waals surface area contributed by atoms with Crippen LogP contribution in [0.15, 0.2) is 42.5 Å². The monoisotopic (exact) mass is 461 g/mol. The Morgan fingerprint density at radius 3 is 2.35 bits per heavy atom. The molecule has 7 nitrogen and oxygen atoms in total. The summed E-state index contributed by atoms with van der Waals surface area (Å²) in [5.74, 6) is -0.172. The summed E-state index contributed by atoms with van der Waals surface area (Å²) in [6.07, 6.45) is 1.69. The van der Waals surface area contributed by atoms with Gasteiger partial charge in [0.2, 0.25) is 11.8 Å². The Labute approximate surface area is 202 Å². The summed E-state index contributed by atoms with van der Waals surface area (Å²) in [6.45, 7) is 7.38. The molecule has 0 aromatic heterocycles. The molecule has 0 saturated heterocycles. The molecule has 180 valence electrons. The fourth-order valence-corrected chi connectivity index (χ4v) is 4.39. The first-order valence-corrected chi connectivity index (χ1v) is 11.9. The number of carbonyl (C=O) groups excluding carboxylic acids is 2. The Hall–Kier alpha value is -3.37. The quantitative estimate of drug-likeness (QED) is 0.531. The third kappa shape index (κ3) is 6.58. The van der Waals surface area contributed by atoms with Crippen molar-refractivity contribution in [3.05, 3.63) is 64.7 Å². The van der Waals surface area contributed by atoms with Crippen molar-refractivity contribution in [3.63, 3.8) is 0 Å². The van der Waals surface area contributed by atoms with Gasteiger partial charge in [0.15, 0.2) is 0 Å². The summed E-state index contributed by atoms with van der Waals surface area (Å²) >= 11 is 0. The summed E-state index contributed by atoms with van der Waals surface area (Å²) in [6, 6.07) is 16.3. The van der Waals surface area contributed by atoms with Crippen LogP contribution in [0, 0.1) is 18.3 Å². The zero-order chi connectivity index (χ0) is 24.7. The number of nitrogens with zero attached hydrogens (tertiary/aromatic N) is 3. The summed E-state index contributed by atoms with van der Waals surface area (Å²) in [7, 11) is 1.85. The van der Waals surface area contributed by atoms with Crippen molar-refractivity contribution in [3.8, 4) is 6.07 Å². The number of amides is 2. The van der Waals surface area contributed by atoms with Crippen molar-refractivity contribution >= 4 is 17.5 Å². The third-order valence-electron chi connectivity index (χ3n) is 6.30. The number of likely N-dealkylation sites (N-methyl/N-ethyl adjacent to an activating group) is 1. The maximum atomic E-state index is 13.3. The SMILES string of the molecule is Cc1cc(C#N)ccc1N(CC(=O)NCCNC(C)C)CC(=O)N(C)C1Cc2ccccc2C1. The van der Waals surface area contributed by atoms with E-state index in [0.29, 0.717) is 24.7 Å². The van der Waals surface area contributed by atoms with Gasteiger partial charge in [-0.05, 0) is 54.7 Å². The number of nitriles is 1. The van der Waals surface area contributed by atoms with E-state index in [-0.39, 0.29) is 30.9 Å². The predicted octanol–water partition coefficient (Wildman–Crippen LogP) is 2.41. The van der Waals surface area contributed by atoms with E-state index in [2.05, 4.69) is 42.7 Å². The topological polar surface area (TPSA) is 88.5 Å². The normalized spacial score (nSPS) is 12.8. The lowest BCUT2D eigenvalue weighted by Gasteiger charge is -2.30. The van der Waals surface area contributed by atoms with Gasteiger partial charge < -0.3 is 20.4 Å². The number of nitrogens with one attached hydrogen (secondary N) is 2. The van der Waals surface area contributed by atoms with Gasteiger partial charge in [-0.1, -0.05) is 38.1 Å². The molecule has 0 radical (unpaired) electrons. The second kappa shape index (κ2) is 11.7. The largest absolute Gasteiger partial charge is 0.353 e. The van der Waals surface area contributed by atoms with Crippen LogP contribution in [0.5, 0.6) is 0 Å². The molecule has 1 aliphatic rings. The number of fused-ring (bicyclic) bond motifs is 1. The standard InChI is InChI=1S/C27H35N5O2/c1-19(2)29-11-12-30-26(33)17-32(25-10-9-21(16-28)13-20(25)3)18-27(34)31(4)24-14-22-7-5-6-8-23(22)15-24/h5-10,13,19,24,29H,11-12,14-15,17-18H2,1-4H3,(H,30,33). The Morgan fingerprint density at radius 1 is 1.09 bits per heavy atom. The van der Waals surface area contributed by atoms with E-state index < -0.39 is 0 Å². The van der Waals surface area contributed by atoms with Gasteiger partial charge in [-0.2, -0.15) is 5.26 Å². The number of carbonyl (C=O) groups is 2. The Morgan fingerprint density at radius 2 is 1.76 bits per heavy atom. The Kier molecular flexibility index (Phi) is 8.67. The number of aryl methyl sites for hydroxylation is 1. The van der Waals surface area contributed by atoms with Gasteiger partial charge in [-0.3, -0.25) is 9.59 Å². The number of benzene rings is 2. The van der Waals surface area contributed by atoms with Crippen molar-refractivity contribution in [1.29, 1.82) is 5.26 Å². The molecule has 2 aromatic carbocycles. The first-order chi connectivity index (χ1) is 16.3. The van der Waals surface area contributed by atoms with Crippen LogP contribution in [0.25, 0.3) is 0 Å². The summed E-state index contributed by atoms with van der Waals surface area (Å²) in [5.41, 5.74) is 4.78. The molecule has 0 bridgehead atoms. The zero-order valence-corrected chi connectivity index (χ0v) is 20.6. The van der Waals surface area contributed by atoms with Gasteiger partial charge in [0.25, 0.3) is 0 Å². The number of anilines is 1. The molecule has 2 aromatic rings. The molecule has 2 N–H and O–H groups in total. The zero-order valence-electron chi connectivity index (χ0n) is 20.6. The van der Waals surface area contributed by atoms with Gasteiger partial charge in [0.1, 0.15) is 0 Å².